The number of rotatable bonds is 12. The molecule has 4 heterocycles. The number of ether oxygens (including phenoxy) is 4. The maximum absolute atomic E-state index is 14.6. The van der Waals surface area contributed by atoms with Gasteiger partial charge in [0.1, 0.15) is 35.2 Å². The SMILES string of the molecule is COC(=O)N[C@H](C(=O)N1[C@H](c2nc3ccc(-c4cc5c(O)cc4CCc4cc(-c6ccc7nc([C@@H]8C[C@@H]9CCCC[C@@H]9N8C(=O)[C@@H](NC(=O)OC)[C@@H](C)OC)[nH]c7c6)c(cc4O)CC5)cc3[nH]2)C[C@@H]2CCCC[C@@H]21)[C@@H](C)OC. The first-order chi connectivity index (χ1) is 37.7. The number of aromatic amines is 2. The molecule has 412 valence electrons. The number of carbonyl (C=O) groups excluding carboxylic acids is 4. The van der Waals surface area contributed by atoms with Crippen LogP contribution >= 0.6 is 0 Å². The molecule has 2 aliphatic heterocycles. The second-order valence-electron chi connectivity index (χ2n) is 22.3. The molecule has 6 aromatic rings. The molecule has 0 unspecified atom stereocenters. The van der Waals surface area contributed by atoms with Crippen LogP contribution in [0.15, 0.2) is 60.7 Å². The van der Waals surface area contributed by atoms with E-state index in [2.05, 4.69) is 57.0 Å². The zero-order chi connectivity index (χ0) is 54.5. The first-order valence-corrected chi connectivity index (χ1v) is 27.8. The Balaban J connectivity index is 0.873. The number of phenols is 2. The number of aromatic hydroxyl groups is 2. The van der Waals surface area contributed by atoms with Crippen molar-refractivity contribution in [2.24, 2.45) is 11.8 Å². The quantitative estimate of drug-likeness (QED) is 0.0673. The molecule has 6 N–H and O–H groups in total. The number of nitrogens with one attached hydrogen (secondary N) is 4. The molecule has 4 amide bonds. The summed E-state index contributed by atoms with van der Waals surface area (Å²) in [6, 6.07) is 17.7. The van der Waals surface area contributed by atoms with Gasteiger partial charge in [-0.15, -0.1) is 0 Å². The van der Waals surface area contributed by atoms with Crippen LogP contribution < -0.4 is 10.6 Å². The van der Waals surface area contributed by atoms with Gasteiger partial charge in [-0.2, -0.15) is 0 Å². The highest BCUT2D eigenvalue weighted by Gasteiger charge is 2.50. The number of carbonyl (C=O) groups is 4. The van der Waals surface area contributed by atoms with Gasteiger partial charge < -0.3 is 59.6 Å². The van der Waals surface area contributed by atoms with Crippen LogP contribution in [0.4, 0.5) is 9.59 Å². The number of alkyl carbamates (subject to hydrolysis) is 2. The Bertz CT molecular complexity index is 3050. The van der Waals surface area contributed by atoms with Gasteiger partial charge >= 0.3 is 12.2 Å². The number of H-pyrrole nitrogens is 2. The predicted octanol–water partition coefficient (Wildman–Crippen LogP) is 9.25. The normalized spacial score (nSPS) is 23.5. The third-order valence-corrected chi connectivity index (χ3v) is 18.0. The molecule has 18 heteroatoms. The molecule has 0 spiro atoms. The number of imidazole rings is 2. The van der Waals surface area contributed by atoms with Gasteiger partial charge in [0, 0.05) is 26.3 Å². The summed E-state index contributed by atoms with van der Waals surface area (Å²) in [5, 5.41) is 28.7. The van der Waals surface area contributed by atoms with Crippen LogP contribution in [0, 0.1) is 11.8 Å². The maximum Gasteiger partial charge on any atom is 0.407 e. The Hall–Kier alpha value is -7.18. The van der Waals surface area contributed by atoms with Gasteiger partial charge in [-0.05, 0) is 183 Å². The number of aromatic nitrogens is 4. The molecule has 10 atom stereocenters. The highest BCUT2D eigenvalue weighted by Crippen LogP contribution is 2.49. The number of amides is 4. The number of benzene rings is 4. The van der Waals surface area contributed by atoms with Gasteiger partial charge in [-0.3, -0.25) is 9.59 Å². The Labute approximate surface area is 454 Å². The Kier molecular flexibility index (Phi) is 14.9. The van der Waals surface area contributed by atoms with Crippen LogP contribution in [0.2, 0.25) is 0 Å². The lowest BCUT2D eigenvalue weighted by molar-refractivity contribution is -0.141. The molecule has 4 fully saturated rings. The van der Waals surface area contributed by atoms with Gasteiger partial charge in [0.05, 0.1) is 60.6 Å². The molecular weight excluding hydrogens is 993 g/mol. The molecule has 2 saturated carbocycles. The molecule has 78 heavy (non-hydrogen) atoms. The number of fused-ring (bicyclic) bond motifs is 4. The molecule has 8 aliphatic rings. The molecular formula is C60H72N8O10. The summed E-state index contributed by atoms with van der Waals surface area (Å²) in [4.78, 5) is 75.5. The fraction of sp³-hybridized carbons (Fsp3) is 0.500. The average Bonchev–Trinajstić information content (AvgIpc) is 4.35. The van der Waals surface area contributed by atoms with Crippen LogP contribution in [0.5, 0.6) is 11.5 Å². The fourth-order valence-corrected chi connectivity index (χ4v) is 13.7. The molecule has 0 radical (unpaired) electrons. The number of hydrogen-bond acceptors (Lipinski definition) is 12. The van der Waals surface area contributed by atoms with E-state index in [9.17, 15) is 29.4 Å². The molecule has 4 aromatic carbocycles. The van der Waals surface area contributed by atoms with Crippen molar-refractivity contribution in [3.05, 3.63) is 94.6 Å². The van der Waals surface area contributed by atoms with E-state index in [1.54, 1.807) is 13.8 Å². The summed E-state index contributed by atoms with van der Waals surface area (Å²) in [6.07, 6.45) is 9.04. The third-order valence-electron chi connectivity index (χ3n) is 18.0. The average molecular weight is 1070 g/mol. The van der Waals surface area contributed by atoms with Crippen molar-refractivity contribution >= 4 is 46.1 Å². The molecule has 2 aromatic heterocycles. The number of hydrogen-bond donors (Lipinski definition) is 6. The van der Waals surface area contributed by atoms with E-state index in [1.807, 2.05) is 34.1 Å². The Morgan fingerprint density at radius 1 is 0.564 bits per heavy atom. The minimum Gasteiger partial charge on any atom is -0.508 e. The number of likely N-dealkylation sites (tertiary alicyclic amines) is 2. The van der Waals surface area contributed by atoms with Crippen molar-refractivity contribution in [2.75, 3.05) is 28.4 Å². The van der Waals surface area contributed by atoms with Crippen LogP contribution in [0.3, 0.4) is 0 Å². The minimum atomic E-state index is -0.944. The topological polar surface area (TPSA) is 234 Å². The van der Waals surface area contributed by atoms with Crippen LogP contribution in [-0.4, -0.2) is 129 Å². The largest absolute Gasteiger partial charge is 0.508 e. The number of methoxy groups -OCH3 is 4. The van der Waals surface area contributed by atoms with E-state index in [1.165, 1.54) is 28.4 Å². The molecule has 6 aliphatic carbocycles. The standard InChI is InChI=1S/C60H72N8O10/c1-31(75-3)53(65-59(73)77-5)57(71)67-47-13-9-7-11-37(47)27-49(67)55-61-43-21-19-33(25-45(43)63-55)41-23-39-18-16-36-30-52(70)40(17-15-35(41)29-51(39)69)24-42(36)34-20-22-44-46(26-34)64-56(62-44)50-28-38-12-8-10-14-48(38)68(50)58(72)54(32(2)76-4)66-60(74)78-6/h19-26,29-32,37-38,47-50,53-54,69-70H,7-18,27-28H2,1-6H3,(H,61,63)(H,62,64)(H,65,73)(H,66,74)/t31-,32-,37+,38+,47+,48+,49+,50+,53+,54+/m1/s1. The first-order valence-electron chi connectivity index (χ1n) is 27.8. The lowest BCUT2D eigenvalue weighted by Gasteiger charge is -2.37. The zero-order valence-corrected chi connectivity index (χ0v) is 45.4. The summed E-state index contributed by atoms with van der Waals surface area (Å²) in [7, 11) is 5.61. The smallest absolute Gasteiger partial charge is 0.407 e. The minimum absolute atomic E-state index is 0.0123. The van der Waals surface area contributed by atoms with Crippen LogP contribution in [0.1, 0.15) is 124 Å². The van der Waals surface area contributed by atoms with Crippen molar-refractivity contribution in [1.82, 2.24) is 40.4 Å². The van der Waals surface area contributed by atoms with E-state index in [4.69, 9.17) is 28.9 Å². The Morgan fingerprint density at radius 3 is 1.36 bits per heavy atom. The fourth-order valence-electron chi connectivity index (χ4n) is 13.7. The van der Waals surface area contributed by atoms with Gasteiger partial charge in [0.15, 0.2) is 0 Å². The summed E-state index contributed by atoms with van der Waals surface area (Å²) >= 11 is 0. The van der Waals surface area contributed by atoms with Gasteiger partial charge in [0.2, 0.25) is 11.8 Å². The first kappa shape index (κ1) is 52.9. The van der Waals surface area contributed by atoms with E-state index < -0.39 is 36.5 Å². The second kappa shape index (κ2) is 21.9. The number of aryl methyl sites for hydroxylation is 4. The van der Waals surface area contributed by atoms with Crippen molar-refractivity contribution in [3.8, 4) is 33.8 Å². The van der Waals surface area contributed by atoms with Crippen molar-refractivity contribution in [1.29, 1.82) is 0 Å². The van der Waals surface area contributed by atoms with Crippen molar-refractivity contribution in [3.63, 3.8) is 0 Å². The predicted molar refractivity (Wildman–Crippen MR) is 293 cm³/mol. The van der Waals surface area contributed by atoms with Crippen LogP contribution in [-0.2, 0) is 54.2 Å². The lowest BCUT2D eigenvalue weighted by atomic mass is 9.84. The molecule has 18 nitrogen and oxygen atoms in total. The van der Waals surface area contributed by atoms with E-state index in [-0.39, 0.29) is 47.5 Å². The third kappa shape index (κ3) is 9.90. The van der Waals surface area contributed by atoms with E-state index in [0.717, 1.165) is 131 Å². The van der Waals surface area contributed by atoms with Crippen LogP contribution in [0.25, 0.3) is 44.3 Å². The summed E-state index contributed by atoms with van der Waals surface area (Å²) in [5.74, 6) is 2.03. The van der Waals surface area contributed by atoms with Gasteiger partial charge in [-0.25, -0.2) is 19.6 Å². The summed E-state index contributed by atoms with van der Waals surface area (Å²) < 4.78 is 21.0. The molecule has 2 saturated heterocycles. The summed E-state index contributed by atoms with van der Waals surface area (Å²) in [6.45, 7) is 3.54. The maximum atomic E-state index is 14.6. The van der Waals surface area contributed by atoms with Gasteiger partial charge in [-0.1, -0.05) is 37.8 Å². The van der Waals surface area contributed by atoms with Crippen molar-refractivity contribution < 1.29 is 48.3 Å². The number of nitrogens with zero attached hydrogens (tertiary/aromatic N) is 4. The molecule has 4 bridgehead atoms. The highest BCUT2D eigenvalue weighted by molar-refractivity contribution is 5.89. The monoisotopic (exact) mass is 1060 g/mol. The van der Waals surface area contributed by atoms with Gasteiger partial charge in [0.25, 0.3) is 0 Å². The summed E-state index contributed by atoms with van der Waals surface area (Å²) in [5.41, 5.74) is 10.5. The van der Waals surface area contributed by atoms with E-state index in [0.29, 0.717) is 49.2 Å². The zero-order valence-electron chi connectivity index (χ0n) is 45.4. The Morgan fingerprint density at radius 2 is 0.962 bits per heavy atom. The molecule has 14 rings (SSSR count). The lowest BCUT2D eigenvalue weighted by Crippen LogP contribution is -2.56. The number of phenolic OH excluding ortho intramolecular Hbond substituents is 2. The highest BCUT2D eigenvalue weighted by atomic mass is 16.5. The second-order valence-corrected chi connectivity index (χ2v) is 22.3. The van der Waals surface area contributed by atoms with Crippen molar-refractivity contribution in [2.45, 2.75) is 152 Å². The van der Waals surface area contributed by atoms with E-state index >= 15 is 0 Å².